The van der Waals surface area contributed by atoms with Crippen LogP contribution in [0.3, 0.4) is 0 Å². The summed E-state index contributed by atoms with van der Waals surface area (Å²) in [6.45, 7) is 2.34. The van der Waals surface area contributed by atoms with Gasteiger partial charge < -0.3 is 19.9 Å². The minimum atomic E-state index is -0.961. The number of hydrogen-bond acceptors (Lipinski definition) is 4. The Morgan fingerprint density at radius 2 is 1.83 bits per heavy atom. The van der Waals surface area contributed by atoms with Crippen LogP contribution < -0.4 is 14.8 Å². The van der Waals surface area contributed by atoms with Gasteiger partial charge in [-0.25, -0.2) is 4.79 Å². The van der Waals surface area contributed by atoms with Crippen LogP contribution in [0.1, 0.15) is 21.5 Å². The Morgan fingerprint density at radius 3 is 2.43 bits per heavy atom. The molecule has 0 aliphatic carbocycles. The highest BCUT2D eigenvalue weighted by Crippen LogP contribution is 2.33. The summed E-state index contributed by atoms with van der Waals surface area (Å²) in [5.41, 5.74) is 2.75. The molecule has 0 aliphatic rings. The monoisotopic (exact) mass is 335 g/mol. The van der Waals surface area contributed by atoms with E-state index >= 15 is 0 Å². The predicted molar refractivity (Wildman–Crippen MR) is 90.0 cm³/mol. The van der Waals surface area contributed by atoms with Crippen molar-refractivity contribution in [1.82, 2.24) is 0 Å². The highest BCUT2D eigenvalue weighted by Gasteiger charge is 2.11. The first-order valence-corrected chi connectivity index (χ1v) is 7.32. The summed E-state index contributed by atoms with van der Waals surface area (Å²) in [6, 6.07) is 8.43. The number of ether oxygens (including phenoxy) is 2. The number of methoxy groups -OCH3 is 2. The van der Waals surface area contributed by atoms with E-state index in [0.29, 0.717) is 23.1 Å². The van der Waals surface area contributed by atoms with Crippen molar-refractivity contribution in [3.8, 4) is 11.5 Å². The number of rotatable bonds is 6. The zero-order valence-electron chi connectivity index (χ0n) is 13.1. The average Bonchev–Trinajstić information content (AvgIpc) is 2.54. The second kappa shape index (κ2) is 7.24. The van der Waals surface area contributed by atoms with E-state index in [1.54, 1.807) is 44.6 Å². The topological polar surface area (TPSA) is 67.8 Å². The first-order valence-electron chi connectivity index (χ1n) is 6.94. The Hall–Kier alpha value is -2.40. The quantitative estimate of drug-likeness (QED) is 0.835. The highest BCUT2D eigenvalue weighted by molar-refractivity contribution is 6.31. The molecule has 0 aliphatic heterocycles. The molecule has 2 aromatic carbocycles. The van der Waals surface area contributed by atoms with Gasteiger partial charge in [-0.3, -0.25) is 0 Å². The Morgan fingerprint density at radius 1 is 1.17 bits per heavy atom. The van der Waals surface area contributed by atoms with Gasteiger partial charge in [0.15, 0.2) is 11.5 Å². The van der Waals surface area contributed by atoms with Crippen LogP contribution in [-0.2, 0) is 6.54 Å². The van der Waals surface area contributed by atoms with E-state index in [9.17, 15) is 4.79 Å². The van der Waals surface area contributed by atoms with Crippen LogP contribution in [0, 0.1) is 6.92 Å². The molecule has 0 bridgehead atoms. The summed E-state index contributed by atoms with van der Waals surface area (Å²) in [7, 11) is 3.11. The number of aromatic carboxylic acids is 1. The van der Waals surface area contributed by atoms with Crippen LogP contribution in [0.4, 0.5) is 5.69 Å². The second-order valence-electron chi connectivity index (χ2n) is 4.99. The van der Waals surface area contributed by atoms with Crippen LogP contribution in [0.25, 0.3) is 0 Å². The molecule has 0 atom stereocenters. The van der Waals surface area contributed by atoms with Crippen molar-refractivity contribution in [2.24, 2.45) is 0 Å². The van der Waals surface area contributed by atoms with Gasteiger partial charge in [0.25, 0.3) is 0 Å². The first kappa shape index (κ1) is 17.0. The maximum atomic E-state index is 11.1. The van der Waals surface area contributed by atoms with E-state index in [0.717, 1.165) is 16.8 Å². The fraction of sp³-hybridized carbons (Fsp3) is 0.235. The molecular weight excluding hydrogens is 318 g/mol. The van der Waals surface area contributed by atoms with Crippen LogP contribution in [0.15, 0.2) is 30.3 Å². The molecule has 2 rings (SSSR count). The second-order valence-corrected chi connectivity index (χ2v) is 5.39. The van der Waals surface area contributed by atoms with Crippen molar-refractivity contribution >= 4 is 23.3 Å². The lowest BCUT2D eigenvalue weighted by atomic mass is 10.1. The molecule has 6 heteroatoms. The number of carboxylic acid groups (broad SMARTS) is 1. The van der Waals surface area contributed by atoms with Crippen LogP contribution >= 0.6 is 11.6 Å². The molecule has 0 fully saturated rings. The lowest BCUT2D eigenvalue weighted by Crippen LogP contribution is -2.05. The minimum Gasteiger partial charge on any atom is -0.493 e. The Bertz CT molecular complexity index is 731. The predicted octanol–water partition coefficient (Wildman–Crippen LogP) is 3.98. The third-order valence-corrected chi connectivity index (χ3v) is 3.86. The number of halogens is 1. The molecule has 0 saturated heterocycles. The van der Waals surface area contributed by atoms with Gasteiger partial charge in [-0.1, -0.05) is 17.7 Å². The van der Waals surface area contributed by atoms with E-state index in [1.165, 1.54) is 0 Å². The van der Waals surface area contributed by atoms with Crippen LogP contribution in [0.5, 0.6) is 11.5 Å². The maximum Gasteiger partial charge on any atom is 0.335 e. The maximum absolute atomic E-state index is 11.1. The lowest BCUT2D eigenvalue weighted by molar-refractivity contribution is 0.0697. The van der Waals surface area contributed by atoms with E-state index < -0.39 is 5.97 Å². The SMILES string of the molecule is COc1cc(Cl)c(CNc2cc(C(=O)O)ccc2C)cc1OC. The molecule has 2 N–H and O–H groups in total. The van der Waals surface area contributed by atoms with Crippen molar-refractivity contribution in [2.45, 2.75) is 13.5 Å². The summed E-state index contributed by atoms with van der Waals surface area (Å²) in [4.78, 5) is 11.1. The number of anilines is 1. The summed E-state index contributed by atoms with van der Waals surface area (Å²) in [6.07, 6.45) is 0. The van der Waals surface area contributed by atoms with Crippen LogP contribution in [0.2, 0.25) is 5.02 Å². The number of aryl methyl sites for hydroxylation is 1. The van der Waals surface area contributed by atoms with Crippen molar-refractivity contribution < 1.29 is 19.4 Å². The number of carbonyl (C=O) groups is 1. The van der Waals surface area contributed by atoms with Gasteiger partial charge in [0.2, 0.25) is 0 Å². The van der Waals surface area contributed by atoms with Crippen molar-refractivity contribution in [3.63, 3.8) is 0 Å². The summed E-state index contributed by atoms with van der Waals surface area (Å²) in [5.74, 6) is 0.187. The molecule has 5 nitrogen and oxygen atoms in total. The largest absolute Gasteiger partial charge is 0.493 e. The molecule has 0 unspecified atom stereocenters. The molecule has 0 heterocycles. The smallest absolute Gasteiger partial charge is 0.335 e. The fourth-order valence-corrected chi connectivity index (χ4v) is 2.39. The lowest BCUT2D eigenvalue weighted by Gasteiger charge is -2.14. The summed E-state index contributed by atoms with van der Waals surface area (Å²) in [5, 5.41) is 12.8. The molecular formula is C17H18ClNO4. The van der Waals surface area contributed by atoms with E-state index in [-0.39, 0.29) is 5.56 Å². The first-order chi connectivity index (χ1) is 11.0. The van der Waals surface area contributed by atoms with E-state index in [2.05, 4.69) is 5.32 Å². The molecule has 122 valence electrons. The molecule has 0 amide bonds. The molecule has 0 spiro atoms. The molecule has 2 aromatic rings. The van der Waals surface area contributed by atoms with Gasteiger partial charge in [-0.15, -0.1) is 0 Å². The average molecular weight is 336 g/mol. The summed E-state index contributed by atoms with van der Waals surface area (Å²) < 4.78 is 10.5. The van der Waals surface area contributed by atoms with Crippen LogP contribution in [-0.4, -0.2) is 25.3 Å². The number of hydrogen-bond donors (Lipinski definition) is 2. The zero-order chi connectivity index (χ0) is 17.0. The number of nitrogens with one attached hydrogen (secondary N) is 1. The molecule has 0 saturated carbocycles. The molecule has 23 heavy (non-hydrogen) atoms. The summed E-state index contributed by atoms with van der Waals surface area (Å²) >= 11 is 6.26. The Balaban J connectivity index is 2.24. The number of carboxylic acids is 1. The van der Waals surface area contributed by atoms with Gasteiger partial charge in [-0.2, -0.15) is 0 Å². The Labute approximate surface area is 139 Å². The van der Waals surface area contributed by atoms with E-state index in [4.69, 9.17) is 26.2 Å². The number of benzene rings is 2. The normalized spacial score (nSPS) is 10.3. The zero-order valence-corrected chi connectivity index (χ0v) is 13.9. The molecule has 0 radical (unpaired) electrons. The van der Waals surface area contributed by atoms with Crippen molar-refractivity contribution in [2.75, 3.05) is 19.5 Å². The Kier molecular flexibility index (Phi) is 5.34. The van der Waals surface area contributed by atoms with Gasteiger partial charge in [0.05, 0.1) is 19.8 Å². The fourth-order valence-electron chi connectivity index (χ4n) is 2.17. The third-order valence-electron chi connectivity index (χ3n) is 3.51. The van der Waals surface area contributed by atoms with Crippen molar-refractivity contribution in [3.05, 3.63) is 52.0 Å². The van der Waals surface area contributed by atoms with E-state index in [1.807, 2.05) is 6.92 Å². The van der Waals surface area contributed by atoms with Gasteiger partial charge >= 0.3 is 5.97 Å². The minimum absolute atomic E-state index is 0.233. The third kappa shape index (κ3) is 3.87. The highest BCUT2D eigenvalue weighted by atomic mass is 35.5. The van der Waals surface area contributed by atoms with Crippen molar-refractivity contribution in [1.29, 1.82) is 0 Å². The molecule has 0 aromatic heterocycles. The standard InChI is InChI=1S/C17H18ClNO4/c1-10-4-5-11(17(20)21)6-14(10)19-9-12-7-15(22-2)16(23-3)8-13(12)18/h4-8,19H,9H2,1-3H3,(H,20,21). The van der Waals surface area contributed by atoms with Gasteiger partial charge in [0.1, 0.15) is 0 Å². The van der Waals surface area contributed by atoms with Gasteiger partial charge in [-0.05, 0) is 36.2 Å². The van der Waals surface area contributed by atoms with Gasteiger partial charge in [0, 0.05) is 23.3 Å².